The van der Waals surface area contributed by atoms with E-state index in [1.165, 1.54) is 0 Å². The van der Waals surface area contributed by atoms with Crippen molar-refractivity contribution in [3.05, 3.63) is 34.2 Å². The molecular formula is C8H12N2O. The number of rotatable bonds is 2. The van der Waals surface area contributed by atoms with Crippen molar-refractivity contribution in [3.63, 3.8) is 0 Å². The summed E-state index contributed by atoms with van der Waals surface area (Å²) in [5.74, 6) is 0. The van der Waals surface area contributed by atoms with Gasteiger partial charge in [-0.25, -0.2) is 0 Å². The van der Waals surface area contributed by atoms with Gasteiger partial charge in [-0.15, -0.1) is 0 Å². The van der Waals surface area contributed by atoms with Crippen LogP contribution in [0.25, 0.3) is 0 Å². The molecule has 1 atom stereocenters. The number of H-pyrrole nitrogens is 1. The second-order valence-corrected chi connectivity index (χ2v) is 2.50. The van der Waals surface area contributed by atoms with E-state index >= 15 is 0 Å². The van der Waals surface area contributed by atoms with Gasteiger partial charge in [-0.05, 0) is 25.6 Å². The highest BCUT2D eigenvalue weighted by Crippen LogP contribution is 2.06. The summed E-state index contributed by atoms with van der Waals surface area (Å²) in [6, 6.07) is 3.72. The van der Waals surface area contributed by atoms with Gasteiger partial charge in [-0.2, -0.15) is 0 Å². The zero-order valence-corrected chi connectivity index (χ0v) is 6.72. The van der Waals surface area contributed by atoms with Crippen LogP contribution in [-0.4, -0.2) is 12.0 Å². The lowest BCUT2D eigenvalue weighted by Gasteiger charge is -2.08. The maximum atomic E-state index is 10.8. The van der Waals surface area contributed by atoms with Crippen molar-refractivity contribution in [3.8, 4) is 0 Å². The minimum atomic E-state index is -0.0513. The fourth-order valence-corrected chi connectivity index (χ4v) is 0.897. The number of hydrogen-bond donors (Lipinski definition) is 2. The SMILES string of the molecule is CN[C@@H](C)c1cc[nH]c(=O)c1. The molecule has 0 bridgehead atoms. The molecule has 0 fully saturated rings. The number of hydrogen-bond acceptors (Lipinski definition) is 2. The summed E-state index contributed by atoms with van der Waals surface area (Å²) < 4.78 is 0. The Balaban J connectivity index is 2.96. The standard InChI is InChI=1S/C8H12N2O/c1-6(9-2)7-3-4-10-8(11)5-7/h3-6,9H,1-2H3,(H,10,11)/t6-/m0/s1. The van der Waals surface area contributed by atoms with Gasteiger partial charge in [-0.1, -0.05) is 0 Å². The molecule has 0 amide bonds. The van der Waals surface area contributed by atoms with Crippen molar-refractivity contribution in [2.45, 2.75) is 13.0 Å². The highest BCUT2D eigenvalue weighted by atomic mass is 16.1. The van der Waals surface area contributed by atoms with Crippen LogP contribution in [0, 0.1) is 0 Å². The third-order valence-corrected chi connectivity index (χ3v) is 1.73. The second kappa shape index (κ2) is 3.34. The van der Waals surface area contributed by atoms with Crippen LogP contribution in [0.5, 0.6) is 0 Å². The number of nitrogens with one attached hydrogen (secondary N) is 2. The van der Waals surface area contributed by atoms with Gasteiger partial charge in [0.1, 0.15) is 0 Å². The molecule has 0 aliphatic carbocycles. The minimum absolute atomic E-state index is 0.0513. The quantitative estimate of drug-likeness (QED) is 0.653. The Bertz CT molecular complexity index is 279. The predicted octanol–water partition coefficient (Wildman–Crippen LogP) is 0.655. The summed E-state index contributed by atoms with van der Waals surface area (Å²) in [5.41, 5.74) is 0.959. The molecule has 3 nitrogen and oxygen atoms in total. The van der Waals surface area contributed by atoms with Gasteiger partial charge in [0.25, 0.3) is 0 Å². The van der Waals surface area contributed by atoms with E-state index in [-0.39, 0.29) is 11.6 Å². The molecule has 0 unspecified atom stereocenters. The highest BCUT2D eigenvalue weighted by molar-refractivity contribution is 5.13. The molecule has 0 saturated carbocycles. The number of pyridine rings is 1. The first kappa shape index (κ1) is 8.01. The fourth-order valence-electron chi connectivity index (χ4n) is 0.897. The first-order chi connectivity index (χ1) is 5.24. The summed E-state index contributed by atoms with van der Waals surface area (Å²) in [4.78, 5) is 13.4. The number of aromatic amines is 1. The molecule has 60 valence electrons. The molecule has 0 radical (unpaired) electrons. The normalized spacial score (nSPS) is 12.9. The van der Waals surface area contributed by atoms with Crippen LogP contribution in [0.4, 0.5) is 0 Å². The molecule has 1 aromatic rings. The Hall–Kier alpha value is -1.09. The molecular weight excluding hydrogens is 140 g/mol. The average Bonchev–Trinajstić information content (AvgIpc) is 2.03. The third-order valence-electron chi connectivity index (χ3n) is 1.73. The average molecular weight is 152 g/mol. The molecule has 1 heterocycles. The molecule has 0 aromatic carbocycles. The maximum absolute atomic E-state index is 10.8. The van der Waals surface area contributed by atoms with E-state index in [4.69, 9.17) is 0 Å². The molecule has 0 aliphatic rings. The zero-order valence-electron chi connectivity index (χ0n) is 6.72. The Morgan fingerprint density at radius 1 is 1.64 bits per heavy atom. The molecule has 11 heavy (non-hydrogen) atoms. The molecule has 1 rings (SSSR count). The van der Waals surface area contributed by atoms with Crippen molar-refractivity contribution in [1.82, 2.24) is 10.3 Å². The molecule has 0 saturated heterocycles. The number of aromatic nitrogens is 1. The van der Waals surface area contributed by atoms with Gasteiger partial charge in [0.2, 0.25) is 5.56 Å². The van der Waals surface area contributed by atoms with Gasteiger partial charge < -0.3 is 10.3 Å². The lowest BCUT2D eigenvalue weighted by molar-refractivity contribution is 0.650. The summed E-state index contributed by atoms with van der Waals surface area (Å²) in [5, 5.41) is 3.06. The Kier molecular flexibility index (Phi) is 2.44. The maximum Gasteiger partial charge on any atom is 0.248 e. The van der Waals surface area contributed by atoms with E-state index in [1.807, 2.05) is 20.0 Å². The van der Waals surface area contributed by atoms with Gasteiger partial charge in [0.05, 0.1) is 0 Å². The molecule has 1 aromatic heterocycles. The summed E-state index contributed by atoms with van der Waals surface area (Å²) in [6.07, 6.45) is 1.66. The van der Waals surface area contributed by atoms with Crippen LogP contribution in [0.1, 0.15) is 18.5 Å². The Morgan fingerprint density at radius 3 is 2.91 bits per heavy atom. The molecule has 0 aliphatic heterocycles. The Labute approximate surface area is 65.5 Å². The van der Waals surface area contributed by atoms with Crippen LogP contribution in [0.2, 0.25) is 0 Å². The van der Waals surface area contributed by atoms with Gasteiger partial charge in [-0.3, -0.25) is 4.79 Å². The zero-order chi connectivity index (χ0) is 8.27. The smallest absolute Gasteiger partial charge is 0.248 e. The molecule has 2 N–H and O–H groups in total. The molecule has 0 spiro atoms. The van der Waals surface area contributed by atoms with Crippen molar-refractivity contribution in [2.75, 3.05) is 7.05 Å². The topological polar surface area (TPSA) is 44.9 Å². The minimum Gasteiger partial charge on any atom is -0.329 e. The first-order valence-corrected chi connectivity index (χ1v) is 3.60. The van der Waals surface area contributed by atoms with E-state index in [2.05, 4.69) is 10.3 Å². The van der Waals surface area contributed by atoms with Crippen LogP contribution >= 0.6 is 0 Å². The van der Waals surface area contributed by atoms with Crippen LogP contribution in [-0.2, 0) is 0 Å². The fraction of sp³-hybridized carbons (Fsp3) is 0.375. The van der Waals surface area contributed by atoms with Gasteiger partial charge in [0, 0.05) is 18.3 Å². The Morgan fingerprint density at radius 2 is 2.36 bits per heavy atom. The van der Waals surface area contributed by atoms with E-state index in [0.717, 1.165) is 5.56 Å². The van der Waals surface area contributed by atoms with Crippen molar-refractivity contribution in [1.29, 1.82) is 0 Å². The van der Waals surface area contributed by atoms with E-state index in [9.17, 15) is 4.79 Å². The van der Waals surface area contributed by atoms with E-state index < -0.39 is 0 Å². The largest absolute Gasteiger partial charge is 0.329 e. The van der Waals surface area contributed by atoms with Gasteiger partial charge in [0.15, 0.2) is 0 Å². The first-order valence-electron chi connectivity index (χ1n) is 3.60. The van der Waals surface area contributed by atoms with Crippen molar-refractivity contribution >= 4 is 0 Å². The summed E-state index contributed by atoms with van der Waals surface area (Å²) >= 11 is 0. The van der Waals surface area contributed by atoms with E-state index in [0.29, 0.717) is 0 Å². The van der Waals surface area contributed by atoms with Crippen molar-refractivity contribution < 1.29 is 0 Å². The summed E-state index contributed by atoms with van der Waals surface area (Å²) in [6.45, 7) is 2.01. The van der Waals surface area contributed by atoms with Crippen LogP contribution in [0.15, 0.2) is 23.1 Å². The summed E-state index contributed by atoms with van der Waals surface area (Å²) in [7, 11) is 1.87. The lowest BCUT2D eigenvalue weighted by atomic mass is 10.1. The molecule has 3 heteroatoms. The third kappa shape index (κ3) is 1.91. The lowest BCUT2D eigenvalue weighted by Crippen LogP contribution is -2.15. The highest BCUT2D eigenvalue weighted by Gasteiger charge is 2.00. The predicted molar refractivity (Wildman–Crippen MR) is 44.5 cm³/mol. The van der Waals surface area contributed by atoms with E-state index in [1.54, 1.807) is 12.3 Å². The van der Waals surface area contributed by atoms with Crippen LogP contribution < -0.4 is 10.9 Å². The van der Waals surface area contributed by atoms with Gasteiger partial charge >= 0.3 is 0 Å². The van der Waals surface area contributed by atoms with Crippen molar-refractivity contribution in [2.24, 2.45) is 0 Å². The monoisotopic (exact) mass is 152 g/mol. The second-order valence-electron chi connectivity index (χ2n) is 2.50. The van der Waals surface area contributed by atoms with Crippen LogP contribution in [0.3, 0.4) is 0 Å².